The van der Waals surface area contributed by atoms with Crippen molar-refractivity contribution in [2.75, 3.05) is 13.2 Å². The monoisotopic (exact) mass is 350 g/mol. The molecule has 0 bridgehead atoms. The standard InChI is InChI=1S/C21H19FN2O2/c22-15-8-9-19-17(11-15)18(21(26)24-10-4-7-16(24)13-25)12-20(23-19)14-5-2-1-3-6-14/h1-3,5-6,8-9,11-12,16,25H,4,7,10,13H2/t16-/m0/s1. The summed E-state index contributed by atoms with van der Waals surface area (Å²) in [6.07, 6.45) is 1.64. The molecular weight excluding hydrogens is 331 g/mol. The van der Waals surface area contributed by atoms with Crippen LogP contribution < -0.4 is 0 Å². The lowest BCUT2D eigenvalue weighted by Crippen LogP contribution is -2.37. The van der Waals surface area contributed by atoms with Crippen LogP contribution in [0, 0.1) is 5.82 Å². The molecule has 1 amide bonds. The fourth-order valence-corrected chi connectivity index (χ4v) is 3.58. The molecule has 4 rings (SSSR count). The average molecular weight is 350 g/mol. The summed E-state index contributed by atoms with van der Waals surface area (Å²) in [5.41, 5.74) is 2.57. The van der Waals surface area contributed by atoms with Gasteiger partial charge in [-0.25, -0.2) is 9.37 Å². The summed E-state index contributed by atoms with van der Waals surface area (Å²) < 4.78 is 13.8. The van der Waals surface area contributed by atoms with Crippen LogP contribution in [0.2, 0.25) is 0 Å². The third kappa shape index (κ3) is 2.95. The predicted molar refractivity (Wildman–Crippen MR) is 98.3 cm³/mol. The molecule has 2 aromatic carbocycles. The SMILES string of the molecule is O=C(c1cc(-c2ccccc2)nc2ccc(F)cc12)N1CCC[C@H]1CO. The van der Waals surface area contributed by atoms with Gasteiger partial charge >= 0.3 is 0 Å². The van der Waals surface area contributed by atoms with Gasteiger partial charge in [-0.2, -0.15) is 0 Å². The molecule has 1 aromatic heterocycles. The predicted octanol–water partition coefficient (Wildman–Crippen LogP) is 3.64. The average Bonchev–Trinajstić information content (AvgIpc) is 3.16. The lowest BCUT2D eigenvalue weighted by molar-refractivity contribution is 0.0679. The van der Waals surface area contributed by atoms with E-state index in [-0.39, 0.29) is 18.6 Å². The van der Waals surface area contributed by atoms with Gasteiger partial charge in [-0.05, 0) is 37.1 Å². The van der Waals surface area contributed by atoms with Crippen LogP contribution in [0.4, 0.5) is 4.39 Å². The largest absolute Gasteiger partial charge is 0.394 e. The number of aromatic nitrogens is 1. The highest BCUT2D eigenvalue weighted by Crippen LogP contribution is 2.28. The molecule has 0 saturated carbocycles. The van der Waals surface area contributed by atoms with Crippen LogP contribution in [0.3, 0.4) is 0 Å². The van der Waals surface area contributed by atoms with E-state index in [2.05, 4.69) is 4.98 Å². The Balaban J connectivity index is 1.88. The highest BCUT2D eigenvalue weighted by Gasteiger charge is 2.30. The van der Waals surface area contributed by atoms with Crippen LogP contribution in [0.5, 0.6) is 0 Å². The van der Waals surface area contributed by atoms with E-state index in [1.807, 2.05) is 30.3 Å². The number of carbonyl (C=O) groups is 1. The first kappa shape index (κ1) is 16.7. The molecule has 1 N–H and O–H groups in total. The topological polar surface area (TPSA) is 53.4 Å². The Morgan fingerprint density at radius 1 is 1.19 bits per heavy atom. The quantitative estimate of drug-likeness (QED) is 0.785. The molecule has 1 aliphatic heterocycles. The molecule has 1 atom stereocenters. The van der Waals surface area contributed by atoms with Crippen LogP contribution in [-0.2, 0) is 0 Å². The van der Waals surface area contributed by atoms with Gasteiger partial charge in [0.25, 0.3) is 5.91 Å². The summed E-state index contributed by atoms with van der Waals surface area (Å²) in [6.45, 7) is 0.540. The molecule has 132 valence electrons. The van der Waals surface area contributed by atoms with Crippen LogP contribution in [-0.4, -0.2) is 40.1 Å². The van der Waals surface area contributed by atoms with Crippen molar-refractivity contribution in [3.63, 3.8) is 0 Å². The highest BCUT2D eigenvalue weighted by molar-refractivity contribution is 6.07. The molecular formula is C21H19FN2O2. The van der Waals surface area contributed by atoms with Gasteiger partial charge in [0.05, 0.1) is 29.4 Å². The minimum Gasteiger partial charge on any atom is -0.394 e. The summed E-state index contributed by atoms with van der Waals surface area (Å²) in [4.78, 5) is 19.5. The molecule has 3 aromatic rings. The molecule has 0 unspecified atom stereocenters. The minimum absolute atomic E-state index is 0.0609. The molecule has 1 fully saturated rings. The van der Waals surface area contributed by atoms with Gasteiger partial charge in [0, 0.05) is 17.5 Å². The van der Waals surface area contributed by atoms with E-state index in [1.165, 1.54) is 12.1 Å². The van der Waals surface area contributed by atoms with E-state index in [4.69, 9.17) is 0 Å². The van der Waals surface area contributed by atoms with Gasteiger partial charge in [0.1, 0.15) is 5.82 Å². The van der Waals surface area contributed by atoms with Crippen molar-refractivity contribution in [3.8, 4) is 11.3 Å². The lowest BCUT2D eigenvalue weighted by atomic mass is 10.0. The van der Waals surface area contributed by atoms with Crippen LogP contribution in [0.1, 0.15) is 23.2 Å². The number of rotatable bonds is 3. The fraction of sp³-hybridized carbons (Fsp3) is 0.238. The summed E-state index contributed by atoms with van der Waals surface area (Å²) in [5, 5.41) is 10.1. The number of nitrogens with zero attached hydrogens (tertiary/aromatic N) is 2. The maximum atomic E-state index is 13.8. The lowest BCUT2D eigenvalue weighted by Gasteiger charge is -2.24. The third-order valence-corrected chi connectivity index (χ3v) is 4.92. The van der Waals surface area contributed by atoms with E-state index in [0.717, 1.165) is 18.4 Å². The van der Waals surface area contributed by atoms with Crippen LogP contribution >= 0.6 is 0 Å². The number of halogens is 1. The summed E-state index contributed by atoms with van der Waals surface area (Å²) >= 11 is 0. The Hall–Kier alpha value is -2.79. The van der Waals surface area contributed by atoms with Crippen molar-refractivity contribution in [2.24, 2.45) is 0 Å². The Bertz CT molecular complexity index is 959. The van der Waals surface area contributed by atoms with Crippen molar-refractivity contribution >= 4 is 16.8 Å². The number of aliphatic hydroxyl groups is 1. The first-order chi connectivity index (χ1) is 12.7. The Labute approximate surface area is 150 Å². The maximum Gasteiger partial charge on any atom is 0.254 e. The van der Waals surface area contributed by atoms with Gasteiger partial charge in [0.15, 0.2) is 0 Å². The van der Waals surface area contributed by atoms with Crippen molar-refractivity contribution in [3.05, 3.63) is 66.0 Å². The van der Waals surface area contributed by atoms with Gasteiger partial charge in [0.2, 0.25) is 0 Å². The van der Waals surface area contributed by atoms with Gasteiger partial charge in [-0.3, -0.25) is 4.79 Å². The van der Waals surface area contributed by atoms with Crippen molar-refractivity contribution in [1.82, 2.24) is 9.88 Å². The first-order valence-corrected chi connectivity index (χ1v) is 8.75. The molecule has 0 radical (unpaired) electrons. The maximum absolute atomic E-state index is 13.8. The molecule has 0 aliphatic carbocycles. The molecule has 5 heteroatoms. The van der Waals surface area contributed by atoms with Gasteiger partial charge in [-0.15, -0.1) is 0 Å². The minimum atomic E-state index is -0.402. The number of amides is 1. The molecule has 4 nitrogen and oxygen atoms in total. The highest BCUT2D eigenvalue weighted by atomic mass is 19.1. The van der Waals surface area contributed by atoms with Gasteiger partial charge < -0.3 is 10.0 Å². The van der Waals surface area contributed by atoms with Gasteiger partial charge in [-0.1, -0.05) is 30.3 Å². The van der Waals surface area contributed by atoms with E-state index < -0.39 is 5.82 Å². The number of carbonyl (C=O) groups excluding carboxylic acids is 1. The third-order valence-electron chi connectivity index (χ3n) is 4.92. The number of aliphatic hydroxyl groups excluding tert-OH is 1. The summed E-state index contributed by atoms with van der Waals surface area (Å²) in [7, 11) is 0. The molecule has 0 spiro atoms. The number of pyridine rings is 1. The molecule has 1 aliphatic rings. The zero-order chi connectivity index (χ0) is 18.1. The number of benzene rings is 2. The van der Waals surface area contributed by atoms with E-state index in [1.54, 1.807) is 17.0 Å². The summed E-state index contributed by atoms with van der Waals surface area (Å²) in [6, 6.07) is 15.5. The van der Waals surface area contributed by atoms with E-state index in [9.17, 15) is 14.3 Å². The number of hydrogen-bond donors (Lipinski definition) is 1. The molecule has 1 saturated heterocycles. The van der Waals surface area contributed by atoms with Crippen molar-refractivity contribution in [1.29, 1.82) is 0 Å². The van der Waals surface area contributed by atoms with E-state index >= 15 is 0 Å². The second kappa shape index (κ2) is 6.84. The zero-order valence-electron chi connectivity index (χ0n) is 14.2. The second-order valence-electron chi connectivity index (χ2n) is 6.56. The smallest absolute Gasteiger partial charge is 0.254 e. The van der Waals surface area contributed by atoms with Crippen LogP contribution in [0.25, 0.3) is 22.2 Å². The zero-order valence-corrected chi connectivity index (χ0v) is 14.2. The number of likely N-dealkylation sites (tertiary alicyclic amines) is 1. The van der Waals surface area contributed by atoms with Crippen molar-refractivity contribution in [2.45, 2.75) is 18.9 Å². The number of hydrogen-bond acceptors (Lipinski definition) is 3. The number of fused-ring (bicyclic) bond motifs is 1. The Kier molecular flexibility index (Phi) is 4.39. The normalized spacial score (nSPS) is 17.0. The Morgan fingerprint density at radius 3 is 2.77 bits per heavy atom. The molecule has 2 heterocycles. The van der Waals surface area contributed by atoms with Crippen molar-refractivity contribution < 1.29 is 14.3 Å². The fourth-order valence-electron chi connectivity index (χ4n) is 3.58. The second-order valence-corrected chi connectivity index (χ2v) is 6.56. The van der Waals surface area contributed by atoms with Crippen LogP contribution in [0.15, 0.2) is 54.6 Å². The Morgan fingerprint density at radius 2 is 2.00 bits per heavy atom. The summed E-state index contributed by atoms with van der Waals surface area (Å²) in [5.74, 6) is -0.585. The molecule has 26 heavy (non-hydrogen) atoms. The van der Waals surface area contributed by atoms with E-state index in [0.29, 0.717) is 28.7 Å². The first-order valence-electron chi connectivity index (χ1n) is 8.75.